The van der Waals surface area contributed by atoms with Gasteiger partial charge in [0.05, 0.1) is 11.1 Å². The van der Waals surface area contributed by atoms with E-state index in [0.717, 1.165) is 35.8 Å². The molecule has 2 heterocycles. The van der Waals surface area contributed by atoms with Crippen molar-refractivity contribution >= 4 is 26.6 Å². The molecule has 43 heavy (non-hydrogen) atoms. The summed E-state index contributed by atoms with van der Waals surface area (Å²) in [4.78, 5) is 21.6. The van der Waals surface area contributed by atoms with Crippen LogP contribution < -0.4 is 10.3 Å². The molecule has 2 atom stereocenters. The molecule has 3 aromatic carbocycles. The van der Waals surface area contributed by atoms with Crippen LogP contribution in [0.5, 0.6) is 5.75 Å². The number of anilines is 1. The van der Waals surface area contributed by atoms with Gasteiger partial charge in [0.1, 0.15) is 11.5 Å². The fourth-order valence-electron chi connectivity index (χ4n) is 5.75. The molecule has 0 aliphatic heterocycles. The van der Waals surface area contributed by atoms with Gasteiger partial charge in [-0.3, -0.25) is 4.72 Å². The topological polar surface area (TPSA) is 122 Å². The van der Waals surface area contributed by atoms with Crippen LogP contribution >= 0.6 is 0 Å². The largest absolute Gasteiger partial charge is 0.507 e. The number of nitrogens with zero attached hydrogens (tertiary/aromatic N) is 2. The molecule has 6 rings (SSSR count). The molecule has 1 aliphatic carbocycles. The summed E-state index contributed by atoms with van der Waals surface area (Å²) in [6.07, 6.45) is 5.22. The van der Waals surface area contributed by atoms with Crippen molar-refractivity contribution in [3.05, 3.63) is 124 Å². The number of aromatic nitrogens is 2. The van der Waals surface area contributed by atoms with E-state index in [9.17, 15) is 18.3 Å². The first-order chi connectivity index (χ1) is 20.8. The van der Waals surface area contributed by atoms with E-state index in [0.29, 0.717) is 29.8 Å². The Bertz CT molecular complexity index is 1920. The maximum atomic E-state index is 13.3. The van der Waals surface area contributed by atoms with Gasteiger partial charge in [0.2, 0.25) is 0 Å². The third-order valence-corrected chi connectivity index (χ3v) is 9.31. The van der Waals surface area contributed by atoms with E-state index in [-0.39, 0.29) is 34.2 Å². The summed E-state index contributed by atoms with van der Waals surface area (Å²) in [5.74, 6) is 0.566. The summed E-state index contributed by atoms with van der Waals surface area (Å²) in [7, 11) is -4.03. The second-order valence-electron chi connectivity index (χ2n) is 11.2. The lowest BCUT2D eigenvalue weighted by atomic mass is 9.87. The average Bonchev–Trinajstić information content (AvgIpc) is 3.85. The van der Waals surface area contributed by atoms with Gasteiger partial charge >= 0.3 is 5.63 Å². The number of para-hydroxylation sites is 1. The van der Waals surface area contributed by atoms with Gasteiger partial charge in [-0.1, -0.05) is 67.6 Å². The van der Waals surface area contributed by atoms with Crippen LogP contribution in [-0.2, 0) is 22.9 Å². The maximum Gasteiger partial charge on any atom is 0.343 e. The van der Waals surface area contributed by atoms with Crippen LogP contribution in [0, 0.1) is 5.92 Å². The van der Waals surface area contributed by atoms with Crippen LogP contribution in [-0.4, -0.2) is 23.5 Å². The molecule has 9 heteroatoms. The van der Waals surface area contributed by atoms with Crippen molar-refractivity contribution in [1.29, 1.82) is 0 Å². The number of aromatic hydroxyl groups is 1. The minimum absolute atomic E-state index is 0.0450. The molecule has 2 N–H and O–H groups in total. The summed E-state index contributed by atoms with van der Waals surface area (Å²) < 4.78 is 34.6. The third-order valence-electron chi connectivity index (χ3n) is 8.13. The first kappa shape index (κ1) is 28.6. The van der Waals surface area contributed by atoms with Crippen LogP contribution in [0.3, 0.4) is 0 Å². The zero-order valence-electron chi connectivity index (χ0n) is 23.8. The molecule has 0 saturated heterocycles. The van der Waals surface area contributed by atoms with Gasteiger partial charge < -0.3 is 9.52 Å². The molecule has 8 nitrogen and oxygen atoms in total. The SMILES string of the molecule is CCC(Cc1cc(O)c(C(Cc2cccc(NS(=O)(=O)c3ncc4ccccc4n3)c2)C2CC2)c(=O)o1)c1ccccc1. The second-order valence-corrected chi connectivity index (χ2v) is 12.8. The van der Waals surface area contributed by atoms with E-state index in [1.54, 1.807) is 36.4 Å². The summed E-state index contributed by atoms with van der Waals surface area (Å²) in [6.45, 7) is 2.09. The molecule has 0 amide bonds. The minimum Gasteiger partial charge on any atom is -0.507 e. The summed E-state index contributed by atoms with van der Waals surface area (Å²) in [6, 6.07) is 25.9. The molecular formula is C34H33N3O5S. The number of benzene rings is 3. The molecule has 2 aromatic heterocycles. The van der Waals surface area contributed by atoms with Crippen molar-refractivity contribution in [3.8, 4) is 5.75 Å². The predicted molar refractivity (Wildman–Crippen MR) is 166 cm³/mol. The smallest absolute Gasteiger partial charge is 0.343 e. The zero-order valence-corrected chi connectivity index (χ0v) is 24.6. The Balaban J connectivity index is 1.22. The van der Waals surface area contributed by atoms with E-state index in [4.69, 9.17) is 4.42 Å². The standard InChI is InChI=1S/C34H33N3O5S/c1-2-23(24-10-4-3-5-11-24)19-28-20-31(38)32(33(39)42-28)29(25-15-16-25)18-22-9-8-13-27(17-22)37-43(40,41)34-35-21-26-12-6-7-14-30(26)36-34/h3-14,17,20-21,23,25,29,37-38H,2,15-16,18-19H2,1H3. The average molecular weight is 596 g/mol. The highest BCUT2D eigenvalue weighted by molar-refractivity contribution is 7.92. The number of hydrogen-bond acceptors (Lipinski definition) is 7. The zero-order chi connectivity index (χ0) is 30.0. The first-order valence-corrected chi connectivity index (χ1v) is 16.0. The van der Waals surface area contributed by atoms with Crippen LogP contribution in [0.1, 0.15) is 60.5 Å². The molecule has 1 saturated carbocycles. The molecule has 220 valence electrons. The Morgan fingerprint density at radius 1 is 0.977 bits per heavy atom. The highest BCUT2D eigenvalue weighted by Gasteiger charge is 2.36. The van der Waals surface area contributed by atoms with Crippen molar-refractivity contribution < 1.29 is 17.9 Å². The Morgan fingerprint density at radius 3 is 2.49 bits per heavy atom. The number of fused-ring (bicyclic) bond motifs is 1. The van der Waals surface area contributed by atoms with E-state index < -0.39 is 15.6 Å². The lowest BCUT2D eigenvalue weighted by Crippen LogP contribution is -2.18. The normalized spacial score (nSPS) is 14.8. The Labute approximate surface area is 250 Å². The summed E-state index contributed by atoms with van der Waals surface area (Å²) in [5.41, 5.74) is 2.66. The van der Waals surface area contributed by atoms with Crippen LogP contribution in [0.15, 0.2) is 105 Å². The fraction of sp³-hybridized carbons (Fsp3) is 0.265. The molecular weight excluding hydrogens is 562 g/mol. The molecule has 1 aliphatic rings. The van der Waals surface area contributed by atoms with Crippen LogP contribution in [0.25, 0.3) is 10.9 Å². The number of hydrogen-bond donors (Lipinski definition) is 2. The molecule has 5 aromatic rings. The summed E-state index contributed by atoms with van der Waals surface area (Å²) in [5, 5.41) is 11.5. The monoisotopic (exact) mass is 595 g/mol. The van der Waals surface area contributed by atoms with Gasteiger partial charge in [-0.25, -0.2) is 14.8 Å². The van der Waals surface area contributed by atoms with Gasteiger partial charge in [-0.15, -0.1) is 0 Å². The third kappa shape index (κ3) is 6.46. The molecule has 0 spiro atoms. The van der Waals surface area contributed by atoms with Crippen LogP contribution in [0.4, 0.5) is 5.69 Å². The fourth-order valence-corrected chi connectivity index (χ4v) is 6.69. The van der Waals surface area contributed by atoms with Crippen LogP contribution in [0.2, 0.25) is 0 Å². The minimum atomic E-state index is -4.03. The van der Waals surface area contributed by atoms with Crippen molar-refractivity contribution in [3.63, 3.8) is 0 Å². The van der Waals surface area contributed by atoms with E-state index in [1.165, 1.54) is 6.20 Å². The number of rotatable bonds is 11. The van der Waals surface area contributed by atoms with E-state index in [1.807, 2.05) is 36.4 Å². The van der Waals surface area contributed by atoms with E-state index >= 15 is 0 Å². The molecule has 0 radical (unpaired) electrons. The second kappa shape index (κ2) is 12.0. The Hall–Kier alpha value is -4.50. The Morgan fingerprint density at radius 2 is 1.74 bits per heavy atom. The molecule has 2 unspecified atom stereocenters. The highest BCUT2D eigenvalue weighted by atomic mass is 32.2. The number of sulfonamides is 1. The lowest BCUT2D eigenvalue weighted by molar-refractivity contribution is 0.388. The quantitative estimate of drug-likeness (QED) is 0.166. The lowest BCUT2D eigenvalue weighted by Gasteiger charge is -2.19. The molecule has 0 bridgehead atoms. The number of nitrogens with one attached hydrogen (secondary N) is 1. The van der Waals surface area contributed by atoms with Gasteiger partial charge in [0.25, 0.3) is 15.2 Å². The summed E-state index contributed by atoms with van der Waals surface area (Å²) >= 11 is 0. The maximum absolute atomic E-state index is 13.3. The van der Waals surface area contributed by atoms with E-state index in [2.05, 4.69) is 33.7 Å². The van der Waals surface area contributed by atoms with Crippen molar-refractivity contribution in [2.24, 2.45) is 5.92 Å². The molecule has 1 fully saturated rings. The van der Waals surface area contributed by atoms with Crippen molar-refractivity contribution in [2.75, 3.05) is 4.72 Å². The Kier molecular flexibility index (Phi) is 7.99. The van der Waals surface area contributed by atoms with Crippen molar-refractivity contribution in [2.45, 2.75) is 56.0 Å². The first-order valence-electron chi connectivity index (χ1n) is 14.5. The highest BCUT2D eigenvalue weighted by Crippen LogP contribution is 2.46. The van der Waals surface area contributed by atoms with Gasteiger partial charge in [-0.2, -0.15) is 8.42 Å². The predicted octanol–water partition coefficient (Wildman–Crippen LogP) is 6.56. The van der Waals surface area contributed by atoms with Gasteiger partial charge in [0.15, 0.2) is 0 Å². The van der Waals surface area contributed by atoms with Gasteiger partial charge in [-0.05, 0) is 66.8 Å². The van der Waals surface area contributed by atoms with Gasteiger partial charge in [0, 0.05) is 35.7 Å². The van der Waals surface area contributed by atoms with Crippen molar-refractivity contribution in [1.82, 2.24) is 9.97 Å².